The van der Waals surface area contributed by atoms with Crippen LogP contribution in [-0.4, -0.2) is 44.7 Å². The number of nitrogens with zero attached hydrogens (tertiary/aromatic N) is 2. The molecular formula is C17H31N3. The SMILES string of the molecule is CCCNCc1ccc(N(CC)C(C)CN(C)C)cc1. The van der Waals surface area contributed by atoms with E-state index in [-0.39, 0.29) is 0 Å². The molecule has 1 atom stereocenters. The van der Waals surface area contributed by atoms with Crippen molar-refractivity contribution in [3.8, 4) is 0 Å². The number of nitrogens with one attached hydrogen (secondary N) is 1. The molecule has 3 heteroatoms. The summed E-state index contributed by atoms with van der Waals surface area (Å²) in [5.74, 6) is 0. The molecule has 1 rings (SSSR count). The minimum absolute atomic E-state index is 0.527. The summed E-state index contributed by atoms with van der Waals surface area (Å²) in [7, 11) is 4.26. The van der Waals surface area contributed by atoms with Gasteiger partial charge >= 0.3 is 0 Å². The summed E-state index contributed by atoms with van der Waals surface area (Å²) in [5.41, 5.74) is 2.68. The number of benzene rings is 1. The van der Waals surface area contributed by atoms with Crippen LogP contribution in [0, 0.1) is 0 Å². The Morgan fingerprint density at radius 2 is 1.75 bits per heavy atom. The molecule has 0 saturated heterocycles. The van der Waals surface area contributed by atoms with Crippen molar-refractivity contribution in [2.75, 3.05) is 38.6 Å². The molecule has 0 fully saturated rings. The molecule has 0 radical (unpaired) electrons. The number of rotatable bonds is 9. The lowest BCUT2D eigenvalue weighted by Crippen LogP contribution is -2.40. The zero-order valence-corrected chi connectivity index (χ0v) is 13.8. The fraction of sp³-hybridized carbons (Fsp3) is 0.647. The maximum absolute atomic E-state index is 3.44. The summed E-state index contributed by atoms with van der Waals surface area (Å²) in [6.45, 7) is 10.9. The van der Waals surface area contributed by atoms with Gasteiger partial charge in [-0.15, -0.1) is 0 Å². The van der Waals surface area contributed by atoms with Gasteiger partial charge in [-0.1, -0.05) is 19.1 Å². The van der Waals surface area contributed by atoms with Gasteiger partial charge in [0.2, 0.25) is 0 Å². The summed E-state index contributed by atoms with van der Waals surface area (Å²) >= 11 is 0. The molecule has 0 amide bonds. The van der Waals surface area contributed by atoms with Crippen molar-refractivity contribution in [3.05, 3.63) is 29.8 Å². The van der Waals surface area contributed by atoms with E-state index in [0.29, 0.717) is 6.04 Å². The van der Waals surface area contributed by atoms with Crippen LogP contribution in [0.25, 0.3) is 0 Å². The number of hydrogen-bond acceptors (Lipinski definition) is 3. The zero-order chi connectivity index (χ0) is 15.0. The van der Waals surface area contributed by atoms with Crippen LogP contribution in [0.1, 0.15) is 32.8 Å². The van der Waals surface area contributed by atoms with E-state index in [1.165, 1.54) is 17.7 Å². The fourth-order valence-electron chi connectivity index (χ4n) is 2.59. The highest BCUT2D eigenvalue weighted by molar-refractivity contribution is 5.48. The lowest BCUT2D eigenvalue weighted by atomic mass is 10.1. The maximum Gasteiger partial charge on any atom is 0.0388 e. The number of likely N-dealkylation sites (N-methyl/N-ethyl adjacent to an activating group) is 2. The molecule has 20 heavy (non-hydrogen) atoms. The molecule has 0 aliphatic carbocycles. The molecule has 1 unspecified atom stereocenters. The predicted octanol–water partition coefficient (Wildman–Crippen LogP) is 2.96. The van der Waals surface area contributed by atoms with Gasteiger partial charge in [0.1, 0.15) is 0 Å². The summed E-state index contributed by atoms with van der Waals surface area (Å²) in [6, 6.07) is 9.50. The molecule has 0 spiro atoms. The number of hydrogen-bond donors (Lipinski definition) is 1. The Morgan fingerprint density at radius 1 is 1.10 bits per heavy atom. The smallest absolute Gasteiger partial charge is 0.0388 e. The van der Waals surface area contributed by atoms with Crippen molar-refractivity contribution in [1.29, 1.82) is 0 Å². The normalized spacial score (nSPS) is 12.7. The van der Waals surface area contributed by atoms with Crippen LogP contribution in [0.4, 0.5) is 5.69 Å². The second-order valence-corrected chi connectivity index (χ2v) is 5.74. The molecule has 1 aromatic carbocycles. The standard InChI is InChI=1S/C17H31N3/c1-6-12-18-13-16-8-10-17(11-9-16)20(7-2)15(3)14-19(4)5/h8-11,15,18H,6-7,12-14H2,1-5H3. The predicted molar refractivity (Wildman–Crippen MR) is 89.5 cm³/mol. The van der Waals surface area contributed by atoms with E-state index in [9.17, 15) is 0 Å². The molecule has 0 aliphatic rings. The zero-order valence-electron chi connectivity index (χ0n) is 13.8. The van der Waals surface area contributed by atoms with Gasteiger partial charge < -0.3 is 15.1 Å². The van der Waals surface area contributed by atoms with Crippen molar-refractivity contribution in [3.63, 3.8) is 0 Å². The Labute approximate surface area is 125 Å². The third-order valence-corrected chi connectivity index (χ3v) is 3.53. The van der Waals surface area contributed by atoms with E-state index in [0.717, 1.165) is 26.2 Å². The lowest BCUT2D eigenvalue weighted by Gasteiger charge is -2.32. The molecule has 114 valence electrons. The molecule has 1 N–H and O–H groups in total. The van der Waals surface area contributed by atoms with E-state index in [1.807, 2.05) is 0 Å². The van der Waals surface area contributed by atoms with Crippen molar-refractivity contribution in [1.82, 2.24) is 10.2 Å². The topological polar surface area (TPSA) is 18.5 Å². The van der Waals surface area contributed by atoms with Gasteiger partial charge in [-0.05, 0) is 58.6 Å². The van der Waals surface area contributed by atoms with Gasteiger partial charge in [0.15, 0.2) is 0 Å². The highest BCUT2D eigenvalue weighted by atomic mass is 15.2. The second-order valence-electron chi connectivity index (χ2n) is 5.74. The van der Waals surface area contributed by atoms with Crippen LogP contribution in [0.3, 0.4) is 0 Å². The van der Waals surface area contributed by atoms with Gasteiger partial charge in [-0.25, -0.2) is 0 Å². The van der Waals surface area contributed by atoms with E-state index in [2.05, 4.69) is 74.2 Å². The van der Waals surface area contributed by atoms with Crippen molar-refractivity contribution in [2.45, 2.75) is 39.8 Å². The molecule has 0 heterocycles. The third kappa shape index (κ3) is 5.51. The lowest BCUT2D eigenvalue weighted by molar-refractivity contribution is 0.373. The Kier molecular flexibility index (Phi) is 7.63. The summed E-state index contributed by atoms with van der Waals surface area (Å²) < 4.78 is 0. The van der Waals surface area contributed by atoms with E-state index in [4.69, 9.17) is 0 Å². The highest BCUT2D eigenvalue weighted by Crippen LogP contribution is 2.18. The Bertz CT molecular complexity index is 359. The summed E-state index contributed by atoms with van der Waals surface area (Å²) in [5, 5.41) is 3.44. The van der Waals surface area contributed by atoms with Crippen LogP contribution in [-0.2, 0) is 6.54 Å². The molecule has 0 saturated carbocycles. The van der Waals surface area contributed by atoms with E-state index >= 15 is 0 Å². The monoisotopic (exact) mass is 277 g/mol. The fourth-order valence-corrected chi connectivity index (χ4v) is 2.59. The van der Waals surface area contributed by atoms with Gasteiger partial charge in [-0.2, -0.15) is 0 Å². The molecule has 3 nitrogen and oxygen atoms in total. The Hall–Kier alpha value is -1.06. The van der Waals surface area contributed by atoms with Gasteiger partial charge in [0.05, 0.1) is 0 Å². The van der Waals surface area contributed by atoms with Gasteiger partial charge in [0, 0.05) is 31.4 Å². The van der Waals surface area contributed by atoms with Gasteiger partial charge in [-0.3, -0.25) is 0 Å². The van der Waals surface area contributed by atoms with Gasteiger partial charge in [0.25, 0.3) is 0 Å². The Balaban J connectivity index is 2.64. The van der Waals surface area contributed by atoms with Crippen molar-refractivity contribution < 1.29 is 0 Å². The van der Waals surface area contributed by atoms with Crippen molar-refractivity contribution in [2.24, 2.45) is 0 Å². The average Bonchev–Trinajstić information content (AvgIpc) is 2.41. The van der Waals surface area contributed by atoms with Crippen LogP contribution in [0.5, 0.6) is 0 Å². The maximum atomic E-state index is 3.44. The first-order valence-electron chi connectivity index (χ1n) is 7.79. The van der Waals surface area contributed by atoms with Crippen molar-refractivity contribution >= 4 is 5.69 Å². The first-order chi connectivity index (χ1) is 9.58. The molecule has 0 bridgehead atoms. The minimum Gasteiger partial charge on any atom is -0.368 e. The summed E-state index contributed by atoms with van der Waals surface area (Å²) in [6.07, 6.45) is 1.18. The largest absolute Gasteiger partial charge is 0.368 e. The quantitative estimate of drug-likeness (QED) is 0.700. The first kappa shape index (κ1) is 17.0. The Morgan fingerprint density at radius 3 is 2.25 bits per heavy atom. The third-order valence-electron chi connectivity index (χ3n) is 3.53. The minimum atomic E-state index is 0.527. The van der Waals surface area contributed by atoms with E-state index < -0.39 is 0 Å². The molecular weight excluding hydrogens is 246 g/mol. The van der Waals surface area contributed by atoms with Crippen LogP contribution in [0.15, 0.2) is 24.3 Å². The van der Waals surface area contributed by atoms with Crippen LogP contribution in [0.2, 0.25) is 0 Å². The van der Waals surface area contributed by atoms with Crippen LogP contribution < -0.4 is 10.2 Å². The second kappa shape index (κ2) is 8.98. The highest BCUT2D eigenvalue weighted by Gasteiger charge is 2.13. The first-order valence-corrected chi connectivity index (χ1v) is 7.79. The number of anilines is 1. The van der Waals surface area contributed by atoms with E-state index in [1.54, 1.807) is 0 Å². The summed E-state index contributed by atoms with van der Waals surface area (Å²) in [4.78, 5) is 4.71. The molecule has 1 aromatic rings. The van der Waals surface area contributed by atoms with Crippen LogP contribution >= 0.6 is 0 Å². The molecule has 0 aliphatic heterocycles. The molecule has 0 aromatic heterocycles. The average molecular weight is 277 g/mol.